The fraction of sp³-hybridized carbons (Fsp3) is 0. The molecule has 3 heteroatoms. The Morgan fingerprint density at radius 2 is 0.929 bits per heavy atom. The Bertz CT molecular complexity index is 2160. The van der Waals surface area contributed by atoms with Crippen LogP contribution in [0.1, 0.15) is 0 Å². The average molecular weight is 536 g/mol. The van der Waals surface area contributed by atoms with Crippen LogP contribution in [0, 0.1) is 0 Å². The van der Waals surface area contributed by atoms with Crippen LogP contribution in [0.3, 0.4) is 0 Å². The molecule has 0 fully saturated rings. The molecule has 42 heavy (non-hydrogen) atoms. The van der Waals surface area contributed by atoms with Gasteiger partial charge in [0.2, 0.25) is 0 Å². The highest BCUT2D eigenvalue weighted by molar-refractivity contribution is 6.16. The highest BCUT2D eigenvalue weighted by atomic mass is 14.9. The summed E-state index contributed by atoms with van der Waals surface area (Å²) in [4.78, 5) is 15.1. The molecule has 0 saturated heterocycles. The number of hydrogen-bond acceptors (Lipinski definition) is 3. The Morgan fingerprint density at radius 1 is 0.357 bits per heavy atom. The molecule has 8 rings (SSSR count). The summed E-state index contributed by atoms with van der Waals surface area (Å²) in [6.07, 6.45) is 0. The minimum atomic E-state index is 0.706. The highest BCUT2D eigenvalue weighted by Gasteiger charge is 2.15. The Labute approximate surface area is 243 Å². The van der Waals surface area contributed by atoms with Crippen LogP contribution in [0.2, 0.25) is 0 Å². The third kappa shape index (κ3) is 4.20. The molecule has 2 heterocycles. The molecule has 8 aromatic rings. The zero-order chi connectivity index (χ0) is 27.9. The number of benzene rings is 6. The molecule has 0 radical (unpaired) electrons. The van der Waals surface area contributed by atoms with Gasteiger partial charge in [0.05, 0.1) is 22.4 Å². The first-order valence-electron chi connectivity index (χ1n) is 14.1. The highest BCUT2D eigenvalue weighted by Crippen LogP contribution is 2.38. The van der Waals surface area contributed by atoms with E-state index in [0.717, 1.165) is 60.8 Å². The summed E-state index contributed by atoms with van der Waals surface area (Å²) < 4.78 is 0. The third-order valence-electron chi connectivity index (χ3n) is 7.87. The van der Waals surface area contributed by atoms with Crippen LogP contribution < -0.4 is 0 Å². The van der Waals surface area contributed by atoms with Crippen molar-refractivity contribution in [1.82, 2.24) is 15.0 Å². The maximum Gasteiger partial charge on any atom is 0.160 e. The number of fused-ring (bicyclic) bond motifs is 4. The Hall–Kier alpha value is -5.67. The van der Waals surface area contributed by atoms with Crippen molar-refractivity contribution in [2.24, 2.45) is 0 Å². The monoisotopic (exact) mass is 535 g/mol. The zero-order valence-electron chi connectivity index (χ0n) is 22.8. The fourth-order valence-electron chi connectivity index (χ4n) is 5.81. The van der Waals surface area contributed by atoms with Gasteiger partial charge in [-0.05, 0) is 23.1 Å². The lowest BCUT2D eigenvalue weighted by Crippen LogP contribution is -1.96. The number of pyridine rings is 1. The first kappa shape index (κ1) is 24.2. The summed E-state index contributed by atoms with van der Waals surface area (Å²) >= 11 is 0. The summed E-state index contributed by atoms with van der Waals surface area (Å²) in [5.41, 5.74) is 9.26. The molecule has 0 atom stereocenters. The Kier molecular flexibility index (Phi) is 5.79. The van der Waals surface area contributed by atoms with E-state index in [1.165, 1.54) is 10.9 Å². The third-order valence-corrected chi connectivity index (χ3v) is 7.87. The van der Waals surface area contributed by atoms with E-state index < -0.39 is 0 Å². The van der Waals surface area contributed by atoms with Gasteiger partial charge < -0.3 is 0 Å². The second-order valence-electron chi connectivity index (χ2n) is 10.5. The second-order valence-corrected chi connectivity index (χ2v) is 10.5. The van der Waals surface area contributed by atoms with Crippen LogP contribution >= 0.6 is 0 Å². The summed E-state index contributed by atoms with van der Waals surface area (Å²) in [7, 11) is 0. The normalized spacial score (nSPS) is 11.3. The molecule has 0 unspecified atom stereocenters. The van der Waals surface area contributed by atoms with E-state index in [1.54, 1.807) is 0 Å². The van der Waals surface area contributed by atoms with Crippen LogP contribution in [0.25, 0.3) is 77.6 Å². The van der Waals surface area contributed by atoms with E-state index in [4.69, 9.17) is 15.0 Å². The quantitative estimate of drug-likeness (QED) is 0.166. The lowest BCUT2D eigenvalue weighted by Gasteiger charge is -2.14. The van der Waals surface area contributed by atoms with E-state index in [-0.39, 0.29) is 0 Å². The molecule has 0 bridgehead atoms. The molecule has 0 amide bonds. The van der Waals surface area contributed by atoms with Gasteiger partial charge in [-0.15, -0.1) is 0 Å². The van der Waals surface area contributed by atoms with Crippen molar-refractivity contribution in [1.29, 1.82) is 0 Å². The smallest absolute Gasteiger partial charge is 0.160 e. The number of aromatic nitrogens is 3. The molecule has 0 aliphatic rings. The van der Waals surface area contributed by atoms with Crippen molar-refractivity contribution < 1.29 is 0 Å². The van der Waals surface area contributed by atoms with E-state index in [2.05, 4.69) is 115 Å². The van der Waals surface area contributed by atoms with Gasteiger partial charge in [0.25, 0.3) is 0 Å². The van der Waals surface area contributed by atoms with Gasteiger partial charge in [0, 0.05) is 38.4 Å². The van der Waals surface area contributed by atoms with Gasteiger partial charge in [-0.2, -0.15) is 0 Å². The predicted molar refractivity (Wildman–Crippen MR) is 174 cm³/mol. The van der Waals surface area contributed by atoms with Gasteiger partial charge >= 0.3 is 0 Å². The van der Waals surface area contributed by atoms with Gasteiger partial charge in [0.1, 0.15) is 0 Å². The average Bonchev–Trinajstić information content (AvgIpc) is 3.08. The first-order chi connectivity index (χ1) is 20.8. The van der Waals surface area contributed by atoms with Crippen LogP contribution in [-0.4, -0.2) is 15.0 Å². The van der Waals surface area contributed by atoms with Gasteiger partial charge in [0.15, 0.2) is 5.82 Å². The second kappa shape index (κ2) is 10.1. The molecular formula is C39H25N3. The van der Waals surface area contributed by atoms with Crippen molar-refractivity contribution in [3.8, 4) is 45.0 Å². The molecule has 0 saturated carbocycles. The van der Waals surface area contributed by atoms with E-state index >= 15 is 0 Å². The topological polar surface area (TPSA) is 38.7 Å². The largest absolute Gasteiger partial charge is 0.247 e. The number of para-hydroxylation sites is 1. The van der Waals surface area contributed by atoms with Crippen LogP contribution in [0.4, 0.5) is 0 Å². The summed E-state index contributed by atoms with van der Waals surface area (Å²) in [5.74, 6) is 0.706. The van der Waals surface area contributed by atoms with Gasteiger partial charge in [-0.3, -0.25) is 0 Å². The summed E-state index contributed by atoms with van der Waals surface area (Å²) in [5, 5.41) is 4.65. The van der Waals surface area contributed by atoms with E-state index in [9.17, 15) is 0 Å². The SMILES string of the molecule is c1ccc(-c2cc(-c3ccccc3)nc(-c3ccc(-c4c5ccccc5nc5c4ccc4ccccc45)cc3)n2)cc1. The molecule has 196 valence electrons. The fourth-order valence-corrected chi connectivity index (χ4v) is 5.81. The molecule has 2 aromatic heterocycles. The molecule has 0 spiro atoms. The molecule has 0 aliphatic carbocycles. The predicted octanol–water partition coefficient (Wildman–Crippen LogP) is 10.00. The lowest BCUT2D eigenvalue weighted by atomic mass is 9.93. The molecule has 0 aliphatic heterocycles. The lowest BCUT2D eigenvalue weighted by molar-refractivity contribution is 1.18. The summed E-state index contributed by atoms with van der Waals surface area (Å²) in [6.45, 7) is 0. The number of nitrogens with zero attached hydrogens (tertiary/aromatic N) is 3. The van der Waals surface area contributed by atoms with Gasteiger partial charge in [-0.1, -0.05) is 140 Å². The van der Waals surface area contributed by atoms with Crippen LogP contribution in [-0.2, 0) is 0 Å². The maximum atomic E-state index is 5.11. The zero-order valence-corrected chi connectivity index (χ0v) is 22.8. The molecule has 6 aromatic carbocycles. The Morgan fingerprint density at radius 3 is 1.62 bits per heavy atom. The van der Waals surface area contributed by atoms with Crippen molar-refractivity contribution in [2.45, 2.75) is 0 Å². The van der Waals surface area contributed by atoms with Crippen molar-refractivity contribution >= 4 is 32.6 Å². The van der Waals surface area contributed by atoms with Crippen molar-refractivity contribution in [3.05, 3.63) is 152 Å². The van der Waals surface area contributed by atoms with Crippen molar-refractivity contribution in [3.63, 3.8) is 0 Å². The minimum absolute atomic E-state index is 0.706. The van der Waals surface area contributed by atoms with Crippen LogP contribution in [0.15, 0.2) is 152 Å². The molecular weight excluding hydrogens is 510 g/mol. The summed E-state index contributed by atoms with van der Waals surface area (Å²) in [6, 6.07) is 52.6. The molecule has 3 nitrogen and oxygen atoms in total. The standard InChI is InChI=1S/C39H25N3/c1-3-12-27(13-4-1)35-25-36(28-14-5-2-6-15-28)42-39(41-35)30-21-19-29(20-22-30)37-32-17-9-10-18-34(32)40-38-31-16-8-7-11-26(31)23-24-33(37)38/h1-25H. The minimum Gasteiger partial charge on any atom is -0.247 e. The van der Waals surface area contributed by atoms with E-state index in [0.29, 0.717) is 5.82 Å². The maximum absolute atomic E-state index is 5.11. The van der Waals surface area contributed by atoms with Crippen LogP contribution in [0.5, 0.6) is 0 Å². The van der Waals surface area contributed by atoms with E-state index in [1.807, 2.05) is 36.4 Å². The number of rotatable bonds is 4. The number of hydrogen-bond donors (Lipinski definition) is 0. The van der Waals surface area contributed by atoms with Gasteiger partial charge in [-0.25, -0.2) is 15.0 Å². The Balaban J connectivity index is 1.30. The van der Waals surface area contributed by atoms with Crippen molar-refractivity contribution in [2.75, 3.05) is 0 Å². The first-order valence-corrected chi connectivity index (χ1v) is 14.1. The molecule has 0 N–H and O–H groups in total.